The van der Waals surface area contributed by atoms with Gasteiger partial charge in [0.25, 0.3) is 0 Å². The van der Waals surface area contributed by atoms with Gasteiger partial charge in [-0.3, -0.25) is 19.3 Å². The minimum atomic E-state index is -0.938. The van der Waals surface area contributed by atoms with Crippen molar-refractivity contribution < 1.29 is 19.5 Å². The van der Waals surface area contributed by atoms with Gasteiger partial charge in [0.2, 0.25) is 11.8 Å². The predicted molar refractivity (Wildman–Crippen MR) is 116 cm³/mol. The van der Waals surface area contributed by atoms with Crippen LogP contribution in [0.5, 0.6) is 0 Å². The summed E-state index contributed by atoms with van der Waals surface area (Å²) in [5.41, 5.74) is 0.982. The van der Waals surface area contributed by atoms with Crippen LogP contribution in [0, 0.1) is 11.8 Å². The Bertz CT molecular complexity index is 720. The van der Waals surface area contributed by atoms with Crippen LogP contribution in [0.1, 0.15) is 52.0 Å². The van der Waals surface area contributed by atoms with E-state index in [1.807, 2.05) is 35.2 Å². The fraction of sp³-hybridized carbons (Fsp3) is 0.609. The van der Waals surface area contributed by atoms with Crippen LogP contribution < -0.4 is 10.6 Å². The number of amides is 2. The molecule has 7 heteroatoms. The van der Waals surface area contributed by atoms with Gasteiger partial charge in [0.1, 0.15) is 6.04 Å². The third-order valence-corrected chi connectivity index (χ3v) is 6.29. The van der Waals surface area contributed by atoms with Crippen LogP contribution in [0.3, 0.4) is 0 Å². The van der Waals surface area contributed by atoms with E-state index in [0.717, 1.165) is 18.4 Å². The average molecular weight is 418 g/mol. The first-order valence-electron chi connectivity index (χ1n) is 10.8. The number of carbonyl (C=O) groups excluding carboxylic acids is 2. The molecule has 1 aromatic rings. The minimum Gasteiger partial charge on any atom is -0.480 e. The standard InChI is InChI=1S/C23H35N3O4/c1-5-16(6-2)12-19(25-15(3)27)21-18(22(28)24-4)13-20(23(29)30)26(21)14-17-10-8-7-9-11-17/h7-11,16,18-21H,5-6,12-14H2,1-4H3,(H,24,28)(H,25,27)(H,29,30)/t18?,19?,20-,21?/m0/s1. The summed E-state index contributed by atoms with van der Waals surface area (Å²) in [5.74, 6) is -1.41. The molecular formula is C23H35N3O4. The second-order valence-corrected chi connectivity index (χ2v) is 8.18. The Morgan fingerprint density at radius 3 is 2.30 bits per heavy atom. The van der Waals surface area contributed by atoms with Gasteiger partial charge in [-0.25, -0.2) is 0 Å². The highest BCUT2D eigenvalue weighted by Crippen LogP contribution is 2.36. The van der Waals surface area contributed by atoms with Crippen molar-refractivity contribution in [3.8, 4) is 0 Å². The maximum Gasteiger partial charge on any atom is 0.320 e. The summed E-state index contributed by atoms with van der Waals surface area (Å²) in [5, 5.41) is 15.7. The van der Waals surface area contributed by atoms with E-state index in [1.165, 1.54) is 6.92 Å². The largest absolute Gasteiger partial charge is 0.480 e. The molecule has 7 nitrogen and oxygen atoms in total. The molecule has 1 aromatic carbocycles. The molecule has 0 aliphatic carbocycles. The second-order valence-electron chi connectivity index (χ2n) is 8.18. The lowest BCUT2D eigenvalue weighted by Crippen LogP contribution is -2.55. The van der Waals surface area contributed by atoms with Gasteiger partial charge in [0, 0.05) is 32.6 Å². The van der Waals surface area contributed by atoms with Gasteiger partial charge < -0.3 is 15.7 Å². The van der Waals surface area contributed by atoms with Crippen molar-refractivity contribution in [3.05, 3.63) is 35.9 Å². The molecule has 0 aromatic heterocycles. The zero-order valence-corrected chi connectivity index (χ0v) is 18.4. The summed E-state index contributed by atoms with van der Waals surface area (Å²) in [4.78, 5) is 38.8. The summed E-state index contributed by atoms with van der Waals surface area (Å²) >= 11 is 0. The Morgan fingerprint density at radius 1 is 1.17 bits per heavy atom. The molecule has 166 valence electrons. The van der Waals surface area contributed by atoms with Crippen LogP contribution >= 0.6 is 0 Å². The van der Waals surface area contributed by atoms with E-state index in [2.05, 4.69) is 24.5 Å². The first kappa shape index (κ1) is 23.9. The number of rotatable bonds is 10. The summed E-state index contributed by atoms with van der Waals surface area (Å²) in [7, 11) is 1.57. The molecule has 1 aliphatic rings. The molecule has 0 bridgehead atoms. The van der Waals surface area contributed by atoms with Crippen molar-refractivity contribution in [3.63, 3.8) is 0 Å². The number of hydrogen-bond donors (Lipinski definition) is 3. The number of benzene rings is 1. The van der Waals surface area contributed by atoms with Crippen molar-refractivity contribution in [1.29, 1.82) is 0 Å². The van der Waals surface area contributed by atoms with Crippen LogP contribution in [0.2, 0.25) is 0 Å². The number of carboxylic acid groups (broad SMARTS) is 1. The Hall–Kier alpha value is -2.41. The van der Waals surface area contributed by atoms with E-state index < -0.39 is 24.0 Å². The van der Waals surface area contributed by atoms with Crippen molar-refractivity contribution in [2.24, 2.45) is 11.8 Å². The lowest BCUT2D eigenvalue weighted by Gasteiger charge is -2.37. The van der Waals surface area contributed by atoms with Crippen LogP contribution in [0.4, 0.5) is 0 Å². The minimum absolute atomic E-state index is 0.167. The van der Waals surface area contributed by atoms with Gasteiger partial charge in [-0.15, -0.1) is 0 Å². The SMILES string of the molecule is CCC(CC)CC(NC(C)=O)C1C(C(=O)NC)C[C@@H](C(=O)O)N1Cc1ccccc1. The van der Waals surface area contributed by atoms with E-state index in [0.29, 0.717) is 18.9 Å². The van der Waals surface area contributed by atoms with Crippen molar-refractivity contribution in [1.82, 2.24) is 15.5 Å². The molecular weight excluding hydrogens is 382 g/mol. The maximum absolute atomic E-state index is 12.8. The van der Waals surface area contributed by atoms with Gasteiger partial charge in [0.05, 0.1) is 5.92 Å². The molecule has 30 heavy (non-hydrogen) atoms. The molecule has 2 amide bonds. The Labute approximate surface area is 179 Å². The van der Waals surface area contributed by atoms with E-state index in [-0.39, 0.29) is 24.3 Å². The first-order valence-corrected chi connectivity index (χ1v) is 10.8. The number of hydrogen-bond acceptors (Lipinski definition) is 4. The summed E-state index contributed by atoms with van der Waals surface area (Å²) in [6.07, 6.45) is 2.86. The third kappa shape index (κ3) is 5.81. The summed E-state index contributed by atoms with van der Waals surface area (Å²) < 4.78 is 0. The van der Waals surface area contributed by atoms with Gasteiger partial charge in [-0.1, -0.05) is 57.0 Å². The number of aliphatic carboxylic acids is 1. The molecule has 2 rings (SSSR count). The number of likely N-dealkylation sites (tertiary alicyclic amines) is 1. The van der Waals surface area contributed by atoms with E-state index >= 15 is 0 Å². The predicted octanol–water partition coefficient (Wildman–Crippen LogP) is 2.41. The van der Waals surface area contributed by atoms with Gasteiger partial charge in [-0.2, -0.15) is 0 Å². The van der Waals surface area contributed by atoms with E-state index in [1.54, 1.807) is 7.05 Å². The zero-order chi connectivity index (χ0) is 22.3. The van der Waals surface area contributed by atoms with Crippen LogP contribution in [0.15, 0.2) is 30.3 Å². The van der Waals surface area contributed by atoms with Gasteiger partial charge in [-0.05, 0) is 24.3 Å². The highest BCUT2D eigenvalue weighted by molar-refractivity contribution is 5.83. The molecule has 1 fully saturated rings. The highest BCUT2D eigenvalue weighted by Gasteiger charge is 2.50. The van der Waals surface area contributed by atoms with Crippen molar-refractivity contribution in [2.75, 3.05) is 7.05 Å². The fourth-order valence-corrected chi connectivity index (χ4v) is 4.69. The first-order chi connectivity index (χ1) is 14.3. The normalized spacial score (nSPS) is 22.6. The lowest BCUT2D eigenvalue weighted by molar-refractivity contribution is -0.143. The molecule has 1 saturated heterocycles. The molecule has 0 saturated carbocycles. The highest BCUT2D eigenvalue weighted by atomic mass is 16.4. The Morgan fingerprint density at radius 2 is 1.80 bits per heavy atom. The van der Waals surface area contributed by atoms with E-state index in [4.69, 9.17) is 0 Å². The molecule has 0 spiro atoms. The molecule has 4 atom stereocenters. The number of carboxylic acids is 1. The number of nitrogens with zero attached hydrogens (tertiary/aromatic N) is 1. The molecule has 3 unspecified atom stereocenters. The monoisotopic (exact) mass is 417 g/mol. The summed E-state index contributed by atoms with van der Waals surface area (Å²) in [6.45, 7) is 6.12. The molecule has 1 aliphatic heterocycles. The quantitative estimate of drug-likeness (QED) is 0.543. The van der Waals surface area contributed by atoms with E-state index in [9.17, 15) is 19.5 Å². The second kappa shape index (κ2) is 11.1. The number of carbonyl (C=O) groups is 3. The number of nitrogens with one attached hydrogen (secondary N) is 2. The topological polar surface area (TPSA) is 98.7 Å². The third-order valence-electron chi connectivity index (χ3n) is 6.29. The maximum atomic E-state index is 12.8. The van der Waals surface area contributed by atoms with Crippen LogP contribution in [0.25, 0.3) is 0 Å². The Kier molecular flexibility index (Phi) is 8.84. The smallest absolute Gasteiger partial charge is 0.320 e. The van der Waals surface area contributed by atoms with Crippen LogP contribution in [-0.4, -0.2) is 53.0 Å². The molecule has 0 radical (unpaired) electrons. The van der Waals surface area contributed by atoms with Crippen molar-refractivity contribution >= 4 is 17.8 Å². The van der Waals surface area contributed by atoms with Gasteiger partial charge >= 0.3 is 5.97 Å². The lowest BCUT2D eigenvalue weighted by atomic mass is 9.85. The molecule has 3 N–H and O–H groups in total. The van der Waals surface area contributed by atoms with Crippen molar-refractivity contribution in [2.45, 2.75) is 71.1 Å². The molecule has 1 heterocycles. The summed E-state index contributed by atoms with van der Waals surface area (Å²) in [6, 6.07) is 8.19. The van der Waals surface area contributed by atoms with Gasteiger partial charge in [0.15, 0.2) is 0 Å². The zero-order valence-electron chi connectivity index (χ0n) is 18.4. The fourth-order valence-electron chi connectivity index (χ4n) is 4.69. The average Bonchev–Trinajstić information content (AvgIpc) is 3.10. The Balaban J connectivity index is 2.48. The van der Waals surface area contributed by atoms with Crippen LogP contribution in [-0.2, 0) is 20.9 Å².